The van der Waals surface area contributed by atoms with Gasteiger partial charge < -0.3 is 0 Å². The molecule has 0 heterocycles. The fourth-order valence-corrected chi connectivity index (χ4v) is 2.02. The predicted octanol–water partition coefficient (Wildman–Crippen LogP) is 3.70. The third-order valence-electron chi connectivity index (χ3n) is 2.58. The van der Waals surface area contributed by atoms with Gasteiger partial charge in [-0.1, -0.05) is 24.6 Å². The van der Waals surface area contributed by atoms with Crippen LogP contribution in [0.2, 0.25) is 0 Å². The normalized spacial score (nSPS) is 31.3. The summed E-state index contributed by atoms with van der Waals surface area (Å²) in [6.07, 6.45) is 9.44. The van der Waals surface area contributed by atoms with E-state index >= 15 is 0 Å². The Hall–Kier alpha value is -0.520. The van der Waals surface area contributed by atoms with Gasteiger partial charge in [0, 0.05) is 0 Å². The molecule has 0 nitrogen and oxygen atoms in total. The molecule has 0 saturated heterocycles. The van der Waals surface area contributed by atoms with Crippen molar-refractivity contribution in [2.24, 2.45) is 5.41 Å². The summed E-state index contributed by atoms with van der Waals surface area (Å²) >= 11 is 0. The van der Waals surface area contributed by atoms with Crippen molar-refractivity contribution in [3.8, 4) is 0 Å². The van der Waals surface area contributed by atoms with Crippen LogP contribution in [0.3, 0.4) is 0 Å². The zero-order chi connectivity index (χ0) is 8.32. The van der Waals surface area contributed by atoms with Crippen molar-refractivity contribution in [3.05, 3.63) is 24.3 Å². The van der Waals surface area contributed by atoms with Gasteiger partial charge in [0.15, 0.2) is 0 Å². The molecule has 0 aromatic rings. The minimum atomic E-state index is 0.514. The summed E-state index contributed by atoms with van der Waals surface area (Å²) in [4.78, 5) is 0. The van der Waals surface area contributed by atoms with Crippen molar-refractivity contribution in [2.75, 3.05) is 0 Å². The van der Waals surface area contributed by atoms with Gasteiger partial charge in [0.1, 0.15) is 0 Å². The topological polar surface area (TPSA) is 0 Å². The van der Waals surface area contributed by atoms with E-state index in [1.165, 1.54) is 19.3 Å². The van der Waals surface area contributed by atoms with E-state index in [2.05, 4.69) is 32.6 Å². The van der Waals surface area contributed by atoms with Gasteiger partial charge in [-0.3, -0.25) is 0 Å². The smallest absolute Gasteiger partial charge is 0.0251 e. The average molecular weight is 150 g/mol. The van der Waals surface area contributed by atoms with Crippen LogP contribution < -0.4 is 0 Å². The minimum Gasteiger partial charge on any atom is -0.103 e. The summed E-state index contributed by atoms with van der Waals surface area (Å²) in [6.45, 7) is 8.41. The molecule has 0 fully saturated rings. The number of hydrogen-bond donors (Lipinski definition) is 0. The van der Waals surface area contributed by atoms with Crippen LogP contribution in [0.25, 0.3) is 0 Å². The maximum atomic E-state index is 3.81. The zero-order valence-electron chi connectivity index (χ0n) is 7.69. The number of hydrogen-bond acceptors (Lipinski definition) is 0. The van der Waals surface area contributed by atoms with Crippen LogP contribution in [-0.4, -0.2) is 0 Å². The highest BCUT2D eigenvalue weighted by Crippen LogP contribution is 2.38. The molecule has 0 spiro atoms. The number of allylic oxidation sites excluding steroid dienone is 3. The van der Waals surface area contributed by atoms with Crippen molar-refractivity contribution in [3.63, 3.8) is 0 Å². The van der Waals surface area contributed by atoms with E-state index in [9.17, 15) is 0 Å². The number of rotatable bonds is 2. The SMILES string of the molecule is C=CCC1(C)CCC=C(C)C1. The Balaban J connectivity index is 2.59. The van der Waals surface area contributed by atoms with Gasteiger partial charge in [0.05, 0.1) is 0 Å². The van der Waals surface area contributed by atoms with Crippen LogP contribution in [0.4, 0.5) is 0 Å². The first kappa shape index (κ1) is 8.58. The van der Waals surface area contributed by atoms with Crippen LogP contribution in [-0.2, 0) is 0 Å². The van der Waals surface area contributed by atoms with Gasteiger partial charge in [-0.25, -0.2) is 0 Å². The molecular formula is C11H18. The molecule has 1 aliphatic rings. The molecule has 0 aromatic carbocycles. The Morgan fingerprint density at radius 2 is 2.45 bits per heavy atom. The Kier molecular flexibility index (Phi) is 2.53. The van der Waals surface area contributed by atoms with Gasteiger partial charge in [-0.15, -0.1) is 6.58 Å². The molecule has 0 aromatic heterocycles. The molecule has 0 amide bonds. The van der Waals surface area contributed by atoms with Crippen LogP contribution in [0.5, 0.6) is 0 Å². The van der Waals surface area contributed by atoms with Crippen LogP contribution in [0.1, 0.15) is 39.5 Å². The van der Waals surface area contributed by atoms with Gasteiger partial charge in [0.25, 0.3) is 0 Å². The van der Waals surface area contributed by atoms with Crippen molar-refractivity contribution >= 4 is 0 Å². The minimum absolute atomic E-state index is 0.514. The lowest BCUT2D eigenvalue weighted by atomic mass is 9.74. The lowest BCUT2D eigenvalue weighted by molar-refractivity contribution is 0.287. The van der Waals surface area contributed by atoms with Crippen LogP contribution in [0.15, 0.2) is 24.3 Å². The molecule has 0 saturated carbocycles. The molecule has 0 bridgehead atoms. The molecule has 0 heteroatoms. The summed E-state index contributed by atoms with van der Waals surface area (Å²) in [7, 11) is 0. The van der Waals surface area contributed by atoms with Gasteiger partial charge in [-0.2, -0.15) is 0 Å². The average Bonchev–Trinajstić information content (AvgIpc) is 1.86. The first-order valence-electron chi connectivity index (χ1n) is 4.43. The van der Waals surface area contributed by atoms with Crippen molar-refractivity contribution in [2.45, 2.75) is 39.5 Å². The van der Waals surface area contributed by atoms with Crippen molar-refractivity contribution < 1.29 is 0 Å². The molecule has 1 rings (SSSR count). The predicted molar refractivity (Wildman–Crippen MR) is 50.5 cm³/mol. The first-order valence-corrected chi connectivity index (χ1v) is 4.43. The third-order valence-corrected chi connectivity index (χ3v) is 2.58. The van der Waals surface area contributed by atoms with E-state index in [0.29, 0.717) is 5.41 Å². The van der Waals surface area contributed by atoms with E-state index in [0.717, 1.165) is 6.42 Å². The summed E-state index contributed by atoms with van der Waals surface area (Å²) < 4.78 is 0. The van der Waals surface area contributed by atoms with Gasteiger partial charge in [-0.05, 0) is 38.0 Å². The van der Waals surface area contributed by atoms with E-state index in [4.69, 9.17) is 0 Å². The summed E-state index contributed by atoms with van der Waals surface area (Å²) in [5.41, 5.74) is 2.07. The molecule has 0 radical (unpaired) electrons. The Labute approximate surface area is 70.0 Å². The maximum Gasteiger partial charge on any atom is -0.0251 e. The Bertz CT molecular complexity index is 176. The molecule has 1 aliphatic carbocycles. The molecule has 62 valence electrons. The van der Waals surface area contributed by atoms with E-state index in [1.807, 2.05) is 0 Å². The van der Waals surface area contributed by atoms with Gasteiger partial charge >= 0.3 is 0 Å². The fourth-order valence-electron chi connectivity index (χ4n) is 2.02. The Morgan fingerprint density at radius 3 is 3.00 bits per heavy atom. The summed E-state index contributed by atoms with van der Waals surface area (Å²) in [6, 6.07) is 0. The summed E-state index contributed by atoms with van der Waals surface area (Å²) in [5, 5.41) is 0. The molecule has 1 unspecified atom stereocenters. The highest BCUT2D eigenvalue weighted by Gasteiger charge is 2.24. The molecule has 0 N–H and O–H groups in total. The molecule has 0 aliphatic heterocycles. The monoisotopic (exact) mass is 150 g/mol. The maximum absolute atomic E-state index is 3.81. The molecular weight excluding hydrogens is 132 g/mol. The second-order valence-corrected chi connectivity index (χ2v) is 4.07. The highest BCUT2D eigenvalue weighted by molar-refractivity contribution is 5.07. The lowest BCUT2D eigenvalue weighted by Crippen LogP contribution is -2.18. The van der Waals surface area contributed by atoms with E-state index in [1.54, 1.807) is 5.57 Å². The second kappa shape index (κ2) is 3.25. The quantitative estimate of drug-likeness (QED) is 0.526. The van der Waals surface area contributed by atoms with Crippen molar-refractivity contribution in [1.82, 2.24) is 0 Å². The lowest BCUT2D eigenvalue weighted by Gasteiger charge is -2.31. The van der Waals surface area contributed by atoms with E-state index in [-0.39, 0.29) is 0 Å². The van der Waals surface area contributed by atoms with E-state index < -0.39 is 0 Å². The fraction of sp³-hybridized carbons (Fsp3) is 0.636. The van der Waals surface area contributed by atoms with Crippen LogP contribution in [0, 0.1) is 5.41 Å². The standard InChI is InChI=1S/C11H18/c1-4-7-11(3)8-5-6-10(2)9-11/h4,6H,1,5,7-9H2,2-3H3. The molecule has 11 heavy (non-hydrogen) atoms. The largest absolute Gasteiger partial charge is 0.103 e. The first-order chi connectivity index (χ1) is 5.16. The molecule has 1 atom stereocenters. The van der Waals surface area contributed by atoms with Crippen LogP contribution >= 0.6 is 0 Å². The highest BCUT2D eigenvalue weighted by atomic mass is 14.3. The van der Waals surface area contributed by atoms with Crippen molar-refractivity contribution in [1.29, 1.82) is 0 Å². The second-order valence-electron chi connectivity index (χ2n) is 4.07. The van der Waals surface area contributed by atoms with Gasteiger partial charge in [0.2, 0.25) is 0 Å². The third kappa shape index (κ3) is 2.21. The zero-order valence-corrected chi connectivity index (χ0v) is 7.69. The Morgan fingerprint density at radius 1 is 1.73 bits per heavy atom. The summed E-state index contributed by atoms with van der Waals surface area (Å²) in [5.74, 6) is 0.